The number of methoxy groups -OCH3 is 1. The number of hydrogen-bond acceptors (Lipinski definition) is 7. The van der Waals surface area contributed by atoms with Gasteiger partial charge in [-0.05, 0) is 82.7 Å². The van der Waals surface area contributed by atoms with Crippen LogP contribution in [0, 0.1) is 11.8 Å². The number of fused-ring (bicyclic) bond motifs is 2. The lowest BCUT2D eigenvalue weighted by Crippen LogP contribution is -2.55. The molecule has 11 heteroatoms. The molecule has 4 heterocycles. The van der Waals surface area contributed by atoms with Crippen molar-refractivity contribution in [1.82, 2.24) is 20.2 Å². The van der Waals surface area contributed by atoms with E-state index in [-0.39, 0.29) is 23.9 Å². The minimum atomic E-state index is -0.648. The number of carbonyl (C=O) groups excluding carboxylic acids is 2. The van der Waals surface area contributed by atoms with E-state index in [0.717, 1.165) is 54.6 Å². The normalized spacial score (nSPS) is 27.7. The lowest BCUT2D eigenvalue weighted by atomic mass is 9.79. The van der Waals surface area contributed by atoms with Crippen LogP contribution in [0.5, 0.6) is 0 Å². The van der Waals surface area contributed by atoms with Crippen LogP contribution in [0.25, 0.3) is 11.3 Å². The Morgan fingerprint density at radius 1 is 1.07 bits per heavy atom. The lowest BCUT2D eigenvalue weighted by Gasteiger charge is -2.39. The number of rotatable bonds is 6. The van der Waals surface area contributed by atoms with Gasteiger partial charge in [0.05, 0.1) is 36.2 Å². The van der Waals surface area contributed by atoms with Crippen LogP contribution in [0.4, 0.5) is 4.79 Å². The molecule has 0 radical (unpaired) electrons. The first-order chi connectivity index (χ1) is 19.6. The Bertz CT molecular complexity index is 1260. The molecule has 220 valence electrons. The van der Waals surface area contributed by atoms with E-state index < -0.39 is 30.5 Å². The van der Waals surface area contributed by atoms with Crippen molar-refractivity contribution in [3.8, 4) is 11.3 Å². The molecule has 2 bridgehead atoms. The molecular weight excluding hydrogens is 523 g/mol. The van der Waals surface area contributed by atoms with Crippen molar-refractivity contribution in [3.05, 3.63) is 36.3 Å². The zero-order valence-corrected chi connectivity index (χ0v) is 24.6. The summed E-state index contributed by atoms with van der Waals surface area (Å²) in [6.07, 6.45) is 5.69. The third kappa shape index (κ3) is 5.17. The Hall–Kier alpha value is -2.89. The number of amides is 2. The minimum absolute atomic E-state index is 0.00443. The van der Waals surface area contributed by atoms with Crippen molar-refractivity contribution in [2.24, 2.45) is 11.8 Å². The first kappa shape index (κ1) is 28.2. The fourth-order valence-electron chi connectivity index (χ4n) is 6.87. The van der Waals surface area contributed by atoms with Crippen molar-refractivity contribution in [3.63, 3.8) is 0 Å². The largest absolute Gasteiger partial charge is 0.494 e. The molecule has 4 unspecified atom stereocenters. The molecule has 6 rings (SSSR count). The predicted octanol–water partition coefficient (Wildman–Crippen LogP) is 3.58. The van der Waals surface area contributed by atoms with Crippen LogP contribution in [0.3, 0.4) is 0 Å². The van der Waals surface area contributed by atoms with Crippen LogP contribution in [0.15, 0.2) is 30.5 Å². The monoisotopic (exact) mass is 564 g/mol. The molecule has 41 heavy (non-hydrogen) atoms. The van der Waals surface area contributed by atoms with Crippen LogP contribution in [0.1, 0.15) is 71.7 Å². The molecule has 1 saturated carbocycles. The van der Waals surface area contributed by atoms with E-state index in [0.29, 0.717) is 19.1 Å². The van der Waals surface area contributed by atoms with Gasteiger partial charge < -0.3 is 34.0 Å². The molecule has 4 atom stereocenters. The highest BCUT2D eigenvalue weighted by Gasteiger charge is 2.53. The van der Waals surface area contributed by atoms with E-state index in [1.807, 2.05) is 35.4 Å². The van der Waals surface area contributed by atoms with E-state index in [4.69, 9.17) is 23.8 Å². The smallest absolute Gasteiger partial charge is 0.453 e. The summed E-state index contributed by atoms with van der Waals surface area (Å²) in [7, 11) is 0.913. The molecule has 10 nitrogen and oxygen atoms in total. The number of piperidine rings is 1. The van der Waals surface area contributed by atoms with Crippen molar-refractivity contribution in [1.29, 1.82) is 0 Å². The fraction of sp³-hybridized carbons (Fsp3) is 0.633. The molecule has 1 aliphatic carbocycles. The number of ether oxygens (including phenoxy) is 2. The number of hydrogen-bond donors (Lipinski definition) is 2. The molecule has 2 aromatic rings. The number of aromatic amines is 1. The standard InChI is InChI=1S/C30H41BN4O6/c1-29(2)30(3,4)41-31(40-29)21-9-6-18(7-10-21)23-17-32-26(33-23)25-20-8-11-22(16-20)35(25)27(36)24(34-28(37)38-5)19-12-14-39-15-13-19/h6-7,9-10,17,19-20,22,24-25H,8,11-16H2,1-5H3,(H,32,33)(H,34,37). The summed E-state index contributed by atoms with van der Waals surface area (Å²) in [5.74, 6) is 1.08. The molecule has 3 saturated heterocycles. The highest BCUT2D eigenvalue weighted by Crippen LogP contribution is 2.50. The van der Waals surface area contributed by atoms with E-state index in [1.165, 1.54) is 7.11 Å². The number of aromatic nitrogens is 2. The average Bonchev–Trinajstić information content (AvgIpc) is 3.75. The molecular formula is C30H41BN4O6. The second-order valence-corrected chi connectivity index (χ2v) is 12.9. The number of H-pyrrole nitrogens is 1. The van der Waals surface area contributed by atoms with Crippen molar-refractivity contribution >= 4 is 24.6 Å². The Morgan fingerprint density at radius 3 is 2.41 bits per heavy atom. The van der Waals surface area contributed by atoms with E-state index >= 15 is 0 Å². The number of alkyl carbamates (subject to hydrolysis) is 1. The van der Waals surface area contributed by atoms with Gasteiger partial charge in [0.15, 0.2) is 0 Å². The number of imidazole rings is 1. The van der Waals surface area contributed by atoms with Crippen LogP contribution < -0.4 is 10.8 Å². The van der Waals surface area contributed by atoms with Crippen molar-refractivity contribution in [2.45, 2.75) is 89.1 Å². The maximum Gasteiger partial charge on any atom is 0.494 e. The third-order valence-corrected chi connectivity index (χ3v) is 9.92. The van der Waals surface area contributed by atoms with Crippen molar-refractivity contribution in [2.75, 3.05) is 20.3 Å². The third-order valence-electron chi connectivity index (χ3n) is 9.92. The Balaban J connectivity index is 1.22. The van der Waals surface area contributed by atoms with Gasteiger partial charge in [0.2, 0.25) is 5.91 Å². The van der Waals surface area contributed by atoms with Gasteiger partial charge in [0.25, 0.3) is 0 Å². The molecule has 3 aliphatic heterocycles. The maximum absolute atomic E-state index is 14.2. The second kappa shape index (κ2) is 10.7. The van der Waals surface area contributed by atoms with Gasteiger partial charge in [0.1, 0.15) is 11.9 Å². The molecule has 4 aliphatic rings. The summed E-state index contributed by atoms with van der Waals surface area (Å²) < 4.78 is 22.8. The fourth-order valence-corrected chi connectivity index (χ4v) is 6.87. The average molecular weight is 564 g/mol. The summed E-state index contributed by atoms with van der Waals surface area (Å²) in [5.41, 5.74) is 2.07. The van der Waals surface area contributed by atoms with Crippen LogP contribution in [-0.4, -0.2) is 77.6 Å². The number of benzene rings is 1. The number of nitrogens with zero attached hydrogens (tertiary/aromatic N) is 2. The van der Waals surface area contributed by atoms with Gasteiger partial charge in [-0.2, -0.15) is 0 Å². The number of nitrogens with one attached hydrogen (secondary N) is 2. The number of carbonyl (C=O) groups is 2. The SMILES string of the molecule is COC(=O)NC(C(=O)N1C2CCC(C2)C1c1ncc(-c2ccc(B3OC(C)(C)C(C)(C)O3)cc2)[nH]1)C1CCOCC1. The molecule has 1 aromatic heterocycles. The van der Waals surface area contributed by atoms with Gasteiger partial charge in [-0.15, -0.1) is 0 Å². The summed E-state index contributed by atoms with van der Waals surface area (Å²) in [6.45, 7) is 9.37. The van der Waals surface area contributed by atoms with Crippen molar-refractivity contribution < 1.29 is 28.4 Å². The van der Waals surface area contributed by atoms with E-state index in [9.17, 15) is 9.59 Å². The summed E-state index contributed by atoms with van der Waals surface area (Å²) in [6, 6.07) is 7.49. The quantitative estimate of drug-likeness (QED) is 0.516. The molecule has 4 fully saturated rings. The van der Waals surface area contributed by atoms with E-state index in [2.05, 4.69) is 38.0 Å². The first-order valence-corrected chi connectivity index (χ1v) is 14.8. The van der Waals surface area contributed by atoms with E-state index in [1.54, 1.807) is 0 Å². The van der Waals surface area contributed by atoms with Gasteiger partial charge in [-0.25, -0.2) is 9.78 Å². The zero-order valence-electron chi connectivity index (χ0n) is 24.6. The first-order valence-electron chi connectivity index (χ1n) is 14.8. The zero-order chi connectivity index (χ0) is 28.9. The summed E-state index contributed by atoms with van der Waals surface area (Å²) >= 11 is 0. The second-order valence-electron chi connectivity index (χ2n) is 12.9. The minimum Gasteiger partial charge on any atom is -0.453 e. The van der Waals surface area contributed by atoms with Crippen LogP contribution >= 0.6 is 0 Å². The molecule has 0 spiro atoms. The lowest BCUT2D eigenvalue weighted by molar-refractivity contribution is -0.140. The highest BCUT2D eigenvalue weighted by atomic mass is 16.7. The topological polar surface area (TPSA) is 115 Å². The summed E-state index contributed by atoms with van der Waals surface area (Å²) in [4.78, 5) is 36.7. The molecule has 2 N–H and O–H groups in total. The number of likely N-dealkylation sites (tertiary alicyclic amines) is 1. The molecule has 1 aromatic carbocycles. The highest BCUT2D eigenvalue weighted by molar-refractivity contribution is 6.62. The predicted molar refractivity (Wildman–Crippen MR) is 153 cm³/mol. The van der Waals surface area contributed by atoms with Crippen LogP contribution in [0.2, 0.25) is 0 Å². The molecule has 2 amide bonds. The maximum atomic E-state index is 14.2. The van der Waals surface area contributed by atoms with Gasteiger partial charge in [-0.3, -0.25) is 4.79 Å². The summed E-state index contributed by atoms with van der Waals surface area (Å²) in [5, 5.41) is 2.86. The van der Waals surface area contributed by atoms with Gasteiger partial charge >= 0.3 is 13.2 Å². The van der Waals surface area contributed by atoms with Crippen LogP contribution in [-0.2, 0) is 23.6 Å². The Morgan fingerprint density at radius 2 is 1.76 bits per heavy atom. The van der Waals surface area contributed by atoms with Gasteiger partial charge in [0, 0.05) is 19.3 Å². The van der Waals surface area contributed by atoms with Gasteiger partial charge in [-0.1, -0.05) is 24.3 Å². The Kier molecular flexibility index (Phi) is 7.40. The Labute approximate surface area is 242 Å².